The Morgan fingerprint density at radius 2 is 0.847 bits per heavy atom. The molecule has 59 heavy (non-hydrogen) atoms. The number of Topliss-reactive ketones (excluding diaryl/α,β-unsaturated/α-hetero) is 2. The summed E-state index contributed by atoms with van der Waals surface area (Å²) in [5.74, 6) is 0.0609. The molecule has 0 saturated heterocycles. The van der Waals surface area contributed by atoms with Crippen LogP contribution in [0.1, 0.15) is 146 Å². The van der Waals surface area contributed by atoms with E-state index in [2.05, 4.69) is 27.7 Å². The van der Waals surface area contributed by atoms with Crippen molar-refractivity contribution in [3.05, 3.63) is 129 Å². The first-order valence-electron chi connectivity index (χ1n) is 20.1. The number of hydrogen-bond donors (Lipinski definition) is 2. The van der Waals surface area contributed by atoms with Crippen LogP contribution in [0, 0.1) is 0 Å². The quantitative estimate of drug-likeness (QED) is 0.0525. The fourth-order valence-corrected chi connectivity index (χ4v) is 6.47. The number of carbonyl (C=O) groups is 4. The maximum Gasteiger partial charge on any atom is 1.00 e. The molecule has 4 rings (SSSR count). The first-order valence-corrected chi connectivity index (χ1v) is 20.1. The number of esters is 1. The first kappa shape index (κ1) is 54.7. The molecule has 4 aromatic carbocycles. The van der Waals surface area contributed by atoms with E-state index in [1.807, 2.05) is 74.5 Å². The molecule has 2 atom stereocenters. The minimum atomic E-state index is -1.08. The molecule has 0 aliphatic heterocycles. The van der Waals surface area contributed by atoms with E-state index in [-0.39, 0.29) is 46.6 Å². The smallest absolute Gasteiger partial charge is 0.870 e. The topological polar surface area (TPSA) is 166 Å². The van der Waals surface area contributed by atoms with Gasteiger partial charge in [-0.1, -0.05) is 128 Å². The van der Waals surface area contributed by atoms with Crippen molar-refractivity contribution in [2.24, 2.45) is 0 Å². The second kappa shape index (κ2) is 29.8. The van der Waals surface area contributed by atoms with Crippen molar-refractivity contribution in [1.82, 2.24) is 0 Å². The monoisotopic (exact) mass is 822 g/mol. The molecule has 0 saturated carbocycles. The number of carboxylic acid groups (broad SMARTS) is 1. The number of aliphatic hydroxyl groups excluding tert-OH is 1. The van der Waals surface area contributed by atoms with Crippen LogP contribution in [-0.2, 0) is 40.0 Å². The SMILES string of the molecule is CCCc1cc(C(=O)CC)cc(CCC)c1OC(C(=O)O)c1ccccc1.CCCc1cc(C(=O)CC)cc(CCC)c1OC(C(=O)OC)c1ccccc1.CO.[Na+].[OH-]. The Kier molecular flexibility index (Phi) is 27.6. The third-order valence-electron chi connectivity index (χ3n) is 9.16. The van der Waals surface area contributed by atoms with Crippen LogP contribution in [0.2, 0.25) is 0 Å². The molecule has 0 aromatic heterocycles. The first-order chi connectivity index (χ1) is 27.6. The van der Waals surface area contributed by atoms with E-state index >= 15 is 0 Å². The maximum atomic E-state index is 12.5. The van der Waals surface area contributed by atoms with Crippen molar-refractivity contribution < 1.29 is 78.6 Å². The van der Waals surface area contributed by atoms with Gasteiger partial charge in [0.15, 0.2) is 11.6 Å². The third kappa shape index (κ3) is 16.3. The summed E-state index contributed by atoms with van der Waals surface area (Å²) in [6, 6.07) is 25.9. The van der Waals surface area contributed by atoms with E-state index in [1.165, 1.54) is 7.11 Å². The predicted octanol–water partition coefficient (Wildman–Crippen LogP) is 7.30. The molecule has 0 bridgehead atoms. The summed E-state index contributed by atoms with van der Waals surface area (Å²) in [6.07, 6.45) is 5.61. The zero-order valence-corrected chi connectivity index (χ0v) is 38.5. The summed E-state index contributed by atoms with van der Waals surface area (Å²) in [5, 5.41) is 16.7. The van der Waals surface area contributed by atoms with Gasteiger partial charge in [-0.2, -0.15) is 0 Å². The van der Waals surface area contributed by atoms with Crippen molar-refractivity contribution in [3.8, 4) is 11.5 Å². The minimum absolute atomic E-state index is 0. The van der Waals surface area contributed by atoms with E-state index in [0.717, 1.165) is 91.9 Å². The van der Waals surface area contributed by atoms with Gasteiger partial charge in [-0.05, 0) is 72.2 Å². The standard InChI is InChI=1S/C24H30O4.C23H28O4.CH4O.Na.H2O/c1-5-11-18-15-20(21(25)7-3)16-19(12-6-2)22(18)28-23(24(26)27-4)17-13-9-8-10-14-17;1-4-10-17-14-19(20(24)6-3)15-18(11-5-2)21(17)27-22(23(25)26)16-12-8-7-9-13-16;1-2;;/h8-10,13-16,23H,5-7,11-12H2,1-4H3;7-9,12-15,22H,4-6,10-11H2,1-3H3,(H,25,26);2H,1H3;;1H2/q;;;+1;/p-1. The fourth-order valence-electron chi connectivity index (χ4n) is 6.47. The van der Waals surface area contributed by atoms with Gasteiger partial charge in [0.1, 0.15) is 11.5 Å². The molecule has 11 heteroatoms. The van der Waals surface area contributed by atoms with E-state index in [4.69, 9.17) is 19.3 Å². The van der Waals surface area contributed by atoms with E-state index < -0.39 is 24.1 Å². The molecule has 10 nitrogen and oxygen atoms in total. The van der Waals surface area contributed by atoms with Crippen LogP contribution in [0.5, 0.6) is 11.5 Å². The van der Waals surface area contributed by atoms with Gasteiger partial charge in [-0.15, -0.1) is 0 Å². The Hall–Kier alpha value is -4.32. The summed E-state index contributed by atoms with van der Waals surface area (Å²) in [7, 11) is 2.37. The number of aliphatic hydroxyl groups is 1. The Morgan fingerprint density at radius 3 is 1.12 bits per heavy atom. The average Bonchev–Trinajstić information content (AvgIpc) is 3.24. The molecular formula is C48H63NaO10. The molecule has 4 aromatic rings. The van der Waals surface area contributed by atoms with E-state index in [1.54, 1.807) is 24.3 Å². The Morgan fingerprint density at radius 1 is 0.542 bits per heavy atom. The van der Waals surface area contributed by atoms with Crippen LogP contribution in [0.3, 0.4) is 0 Å². The number of aryl methyl sites for hydroxylation is 4. The van der Waals surface area contributed by atoms with Crippen molar-refractivity contribution in [2.75, 3.05) is 14.2 Å². The molecule has 0 heterocycles. The molecule has 0 aliphatic carbocycles. The van der Waals surface area contributed by atoms with Crippen LogP contribution in [0.4, 0.5) is 0 Å². The van der Waals surface area contributed by atoms with Gasteiger partial charge < -0.3 is 29.9 Å². The second-order valence-corrected chi connectivity index (χ2v) is 13.5. The van der Waals surface area contributed by atoms with Gasteiger partial charge >= 0.3 is 41.5 Å². The van der Waals surface area contributed by atoms with Crippen molar-refractivity contribution in [2.45, 2.75) is 118 Å². The van der Waals surface area contributed by atoms with E-state index in [9.17, 15) is 24.3 Å². The van der Waals surface area contributed by atoms with Crippen molar-refractivity contribution >= 4 is 23.5 Å². The van der Waals surface area contributed by atoms with E-state index in [0.29, 0.717) is 35.5 Å². The fraction of sp³-hybridized carbons (Fsp3) is 0.417. The number of hydrogen-bond acceptors (Lipinski definition) is 9. The number of methoxy groups -OCH3 is 1. The Bertz CT molecular complexity index is 1810. The summed E-state index contributed by atoms with van der Waals surface area (Å²) >= 11 is 0. The van der Waals surface area contributed by atoms with Gasteiger partial charge in [-0.3, -0.25) is 9.59 Å². The van der Waals surface area contributed by atoms with Crippen molar-refractivity contribution in [3.63, 3.8) is 0 Å². The number of ketones is 2. The normalized spacial score (nSPS) is 11.1. The molecule has 316 valence electrons. The van der Waals surface area contributed by atoms with Gasteiger partial charge in [0.2, 0.25) is 12.2 Å². The Balaban J connectivity index is 0.00000106. The van der Waals surface area contributed by atoms with Gasteiger partial charge in [-0.25, -0.2) is 9.59 Å². The third-order valence-corrected chi connectivity index (χ3v) is 9.16. The maximum absolute atomic E-state index is 12.5. The Labute approximate surface area is 373 Å². The zero-order valence-electron chi connectivity index (χ0n) is 36.5. The van der Waals surface area contributed by atoms with Crippen LogP contribution in [0.15, 0.2) is 84.9 Å². The van der Waals surface area contributed by atoms with Crippen molar-refractivity contribution in [1.29, 1.82) is 0 Å². The van der Waals surface area contributed by atoms with Gasteiger partial charge in [0.25, 0.3) is 0 Å². The van der Waals surface area contributed by atoms with Gasteiger partial charge in [0.05, 0.1) is 7.11 Å². The summed E-state index contributed by atoms with van der Waals surface area (Å²) in [4.78, 5) is 48.9. The molecular weight excluding hydrogens is 760 g/mol. The van der Waals surface area contributed by atoms with Crippen LogP contribution >= 0.6 is 0 Å². The number of carboxylic acids is 1. The van der Waals surface area contributed by atoms with Crippen LogP contribution < -0.4 is 39.0 Å². The molecule has 0 radical (unpaired) electrons. The molecule has 3 N–H and O–H groups in total. The minimum Gasteiger partial charge on any atom is -0.870 e. The number of benzene rings is 4. The number of ether oxygens (including phenoxy) is 3. The molecule has 0 amide bonds. The number of aliphatic carboxylic acids is 1. The zero-order chi connectivity index (χ0) is 42.3. The molecule has 0 aliphatic rings. The van der Waals surface area contributed by atoms with Gasteiger partial charge in [0, 0.05) is 42.2 Å². The number of rotatable bonds is 20. The van der Waals surface area contributed by atoms with Crippen LogP contribution in [0.25, 0.3) is 0 Å². The largest absolute Gasteiger partial charge is 1.00 e. The molecule has 0 fully saturated rings. The molecule has 2 unspecified atom stereocenters. The average molecular weight is 823 g/mol. The predicted molar refractivity (Wildman–Crippen MR) is 227 cm³/mol. The number of carbonyl (C=O) groups excluding carboxylic acids is 3. The van der Waals surface area contributed by atoms with Crippen LogP contribution in [-0.4, -0.2) is 53.4 Å². The summed E-state index contributed by atoms with van der Waals surface area (Å²) in [6.45, 7) is 12.0. The second-order valence-electron chi connectivity index (χ2n) is 13.5. The molecule has 0 spiro atoms. The summed E-state index contributed by atoms with van der Waals surface area (Å²) < 4.78 is 17.4. The summed E-state index contributed by atoms with van der Waals surface area (Å²) in [5.41, 5.74) is 6.49.